The number of allylic oxidation sites excluding steroid dienone is 1. The zero-order valence-electron chi connectivity index (χ0n) is 14.2. The SMILES string of the molecule is CC1=C(C(=O)Nc2ccccc2)C(c2ccc(C(F)(F)F)cc2)NC(=O)N1. The summed E-state index contributed by atoms with van der Waals surface area (Å²) in [5.74, 6) is -0.462. The minimum atomic E-state index is -4.46. The number of urea groups is 1. The van der Waals surface area contributed by atoms with E-state index in [1.807, 2.05) is 0 Å². The smallest absolute Gasteiger partial charge is 0.327 e. The van der Waals surface area contributed by atoms with Gasteiger partial charge in [0.05, 0.1) is 17.2 Å². The zero-order chi connectivity index (χ0) is 19.6. The molecule has 3 amide bonds. The van der Waals surface area contributed by atoms with E-state index in [9.17, 15) is 22.8 Å². The standard InChI is InChI=1S/C19H16F3N3O2/c1-11-15(17(26)24-14-5-3-2-4-6-14)16(25-18(27)23-11)12-7-9-13(10-8-12)19(20,21)22/h2-10,16H,1H3,(H,24,26)(H2,23,25,27). The Morgan fingerprint density at radius 1 is 1.04 bits per heavy atom. The number of rotatable bonds is 3. The van der Waals surface area contributed by atoms with Crippen LogP contribution in [0.25, 0.3) is 0 Å². The molecule has 0 aliphatic carbocycles. The maximum absolute atomic E-state index is 12.8. The molecule has 0 aromatic heterocycles. The molecule has 0 radical (unpaired) electrons. The van der Waals surface area contributed by atoms with Gasteiger partial charge in [0.2, 0.25) is 0 Å². The molecule has 0 bridgehead atoms. The quantitative estimate of drug-likeness (QED) is 0.760. The molecule has 3 rings (SSSR count). The van der Waals surface area contributed by atoms with Gasteiger partial charge in [0, 0.05) is 11.4 Å². The van der Waals surface area contributed by atoms with Gasteiger partial charge < -0.3 is 16.0 Å². The molecule has 1 aliphatic rings. The number of carbonyl (C=O) groups is 2. The molecule has 1 unspecified atom stereocenters. The molecule has 1 atom stereocenters. The van der Waals surface area contributed by atoms with Crippen molar-refractivity contribution in [1.29, 1.82) is 0 Å². The minimum absolute atomic E-state index is 0.221. The van der Waals surface area contributed by atoms with Crippen molar-refractivity contribution in [1.82, 2.24) is 10.6 Å². The average molecular weight is 375 g/mol. The Morgan fingerprint density at radius 2 is 1.67 bits per heavy atom. The van der Waals surface area contributed by atoms with E-state index in [2.05, 4.69) is 16.0 Å². The van der Waals surface area contributed by atoms with Gasteiger partial charge in [-0.25, -0.2) is 4.79 Å². The first kappa shape index (κ1) is 18.5. The van der Waals surface area contributed by atoms with Gasteiger partial charge in [-0.05, 0) is 36.8 Å². The summed E-state index contributed by atoms with van der Waals surface area (Å²) in [6.45, 7) is 1.57. The second-order valence-corrected chi connectivity index (χ2v) is 6.01. The van der Waals surface area contributed by atoms with Crippen molar-refractivity contribution in [3.8, 4) is 0 Å². The van der Waals surface area contributed by atoms with Crippen molar-refractivity contribution in [2.24, 2.45) is 0 Å². The highest BCUT2D eigenvalue weighted by molar-refractivity contribution is 6.06. The highest BCUT2D eigenvalue weighted by atomic mass is 19.4. The molecule has 0 saturated carbocycles. The molecule has 3 N–H and O–H groups in total. The highest BCUT2D eigenvalue weighted by Crippen LogP contribution is 2.32. The fraction of sp³-hybridized carbons (Fsp3) is 0.158. The van der Waals surface area contributed by atoms with Crippen LogP contribution in [-0.2, 0) is 11.0 Å². The molecular weight excluding hydrogens is 359 g/mol. The summed E-state index contributed by atoms with van der Waals surface area (Å²) in [5, 5.41) is 7.83. The third-order valence-electron chi connectivity index (χ3n) is 4.12. The molecule has 0 saturated heterocycles. The Kier molecular flexibility index (Phi) is 4.89. The molecule has 8 heteroatoms. The lowest BCUT2D eigenvalue weighted by Gasteiger charge is -2.28. The number of hydrogen-bond acceptors (Lipinski definition) is 2. The molecule has 0 spiro atoms. The largest absolute Gasteiger partial charge is 0.416 e. The Hall–Kier alpha value is -3.29. The van der Waals surface area contributed by atoms with Gasteiger partial charge in [0.1, 0.15) is 0 Å². The molecular formula is C19H16F3N3O2. The fourth-order valence-corrected chi connectivity index (χ4v) is 2.83. The molecule has 27 heavy (non-hydrogen) atoms. The first-order valence-corrected chi connectivity index (χ1v) is 8.07. The average Bonchev–Trinajstić information content (AvgIpc) is 2.61. The van der Waals surface area contributed by atoms with E-state index in [-0.39, 0.29) is 5.57 Å². The van der Waals surface area contributed by atoms with Crippen molar-refractivity contribution >= 4 is 17.6 Å². The van der Waals surface area contributed by atoms with E-state index >= 15 is 0 Å². The summed E-state index contributed by atoms with van der Waals surface area (Å²) in [6, 6.07) is 11.7. The topological polar surface area (TPSA) is 70.2 Å². The van der Waals surface area contributed by atoms with E-state index < -0.39 is 29.7 Å². The van der Waals surface area contributed by atoms with Crippen molar-refractivity contribution in [2.45, 2.75) is 19.1 Å². The number of halogens is 3. The second kappa shape index (κ2) is 7.14. The van der Waals surface area contributed by atoms with Gasteiger partial charge in [-0.15, -0.1) is 0 Å². The molecule has 2 aromatic rings. The number of hydrogen-bond donors (Lipinski definition) is 3. The van der Waals surface area contributed by atoms with Gasteiger partial charge in [-0.2, -0.15) is 13.2 Å². The van der Waals surface area contributed by atoms with Crippen molar-refractivity contribution in [3.63, 3.8) is 0 Å². The summed E-state index contributed by atoms with van der Waals surface area (Å²) in [5.41, 5.74) is 0.680. The normalized spacial score (nSPS) is 17.2. The van der Waals surface area contributed by atoms with Crippen LogP contribution in [-0.4, -0.2) is 11.9 Å². The minimum Gasteiger partial charge on any atom is -0.327 e. The van der Waals surface area contributed by atoms with E-state index in [0.29, 0.717) is 16.9 Å². The Balaban J connectivity index is 1.93. The number of para-hydroxylation sites is 1. The van der Waals surface area contributed by atoms with Gasteiger partial charge in [-0.3, -0.25) is 4.79 Å². The van der Waals surface area contributed by atoms with Crippen LogP contribution in [0, 0.1) is 0 Å². The Labute approximate surface area is 153 Å². The molecule has 0 fully saturated rings. The summed E-state index contributed by atoms with van der Waals surface area (Å²) in [6.07, 6.45) is -4.46. The Bertz CT molecular complexity index is 891. The van der Waals surface area contributed by atoms with Gasteiger partial charge in [-0.1, -0.05) is 30.3 Å². The molecule has 5 nitrogen and oxygen atoms in total. The van der Waals surface area contributed by atoms with Gasteiger partial charge in [0.15, 0.2) is 0 Å². The van der Waals surface area contributed by atoms with Crippen LogP contribution in [0.5, 0.6) is 0 Å². The molecule has 2 aromatic carbocycles. The van der Waals surface area contributed by atoms with E-state index in [4.69, 9.17) is 0 Å². The lowest BCUT2D eigenvalue weighted by Crippen LogP contribution is -2.46. The number of nitrogens with one attached hydrogen (secondary N) is 3. The van der Waals surface area contributed by atoms with E-state index in [1.54, 1.807) is 37.3 Å². The van der Waals surface area contributed by atoms with Crippen LogP contribution in [0.4, 0.5) is 23.7 Å². The third kappa shape index (κ3) is 4.11. The van der Waals surface area contributed by atoms with Crippen LogP contribution in [0.2, 0.25) is 0 Å². The maximum Gasteiger partial charge on any atom is 0.416 e. The maximum atomic E-state index is 12.8. The van der Waals surface area contributed by atoms with Crippen molar-refractivity contribution < 1.29 is 22.8 Å². The number of alkyl halides is 3. The fourth-order valence-electron chi connectivity index (χ4n) is 2.83. The van der Waals surface area contributed by atoms with E-state index in [0.717, 1.165) is 12.1 Å². The molecule has 1 aliphatic heterocycles. The monoisotopic (exact) mass is 375 g/mol. The first-order valence-electron chi connectivity index (χ1n) is 8.07. The number of anilines is 1. The summed E-state index contributed by atoms with van der Waals surface area (Å²) in [4.78, 5) is 24.6. The lowest BCUT2D eigenvalue weighted by atomic mass is 9.94. The predicted molar refractivity (Wildman–Crippen MR) is 93.6 cm³/mol. The van der Waals surface area contributed by atoms with E-state index in [1.165, 1.54) is 12.1 Å². The van der Waals surface area contributed by atoms with Gasteiger partial charge >= 0.3 is 12.2 Å². The summed E-state index contributed by atoms with van der Waals surface area (Å²) < 4.78 is 38.3. The predicted octanol–water partition coefficient (Wildman–Crippen LogP) is 3.97. The van der Waals surface area contributed by atoms with Crippen molar-refractivity contribution in [3.05, 3.63) is 77.0 Å². The number of carbonyl (C=O) groups excluding carboxylic acids is 2. The lowest BCUT2D eigenvalue weighted by molar-refractivity contribution is -0.137. The van der Waals surface area contributed by atoms with Crippen LogP contribution < -0.4 is 16.0 Å². The highest BCUT2D eigenvalue weighted by Gasteiger charge is 2.33. The molecule has 140 valence electrons. The third-order valence-corrected chi connectivity index (χ3v) is 4.12. The number of amides is 3. The first-order chi connectivity index (χ1) is 12.8. The van der Waals surface area contributed by atoms with Crippen LogP contribution >= 0.6 is 0 Å². The van der Waals surface area contributed by atoms with Gasteiger partial charge in [0.25, 0.3) is 5.91 Å². The summed E-state index contributed by atoms with van der Waals surface area (Å²) in [7, 11) is 0. The molecule has 1 heterocycles. The van der Waals surface area contributed by atoms with Crippen LogP contribution in [0.1, 0.15) is 24.1 Å². The summed E-state index contributed by atoms with van der Waals surface area (Å²) >= 11 is 0. The second-order valence-electron chi connectivity index (χ2n) is 6.01. The van der Waals surface area contributed by atoms with Crippen LogP contribution in [0.3, 0.4) is 0 Å². The van der Waals surface area contributed by atoms with Crippen LogP contribution in [0.15, 0.2) is 65.9 Å². The van der Waals surface area contributed by atoms with Crippen molar-refractivity contribution in [2.75, 3.05) is 5.32 Å². The Morgan fingerprint density at radius 3 is 2.26 bits per heavy atom. The zero-order valence-corrected chi connectivity index (χ0v) is 14.2. The number of benzene rings is 2.